The van der Waals surface area contributed by atoms with E-state index in [0.717, 1.165) is 90.4 Å². The molecule has 4 heteroatoms. The zero-order valence-electron chi connectivity index (χ0n) is 33.4. The minimum atomic E-state index is -0.144. The SMILES string of the molecule is CC1(C)c2ccccc2-c2ccc(N(c3ccc(-c4ccccc4)cc3)c3cc4c5cc(-c6ccc7nc(C8=CCCC=C8)oc7c6)ccc5oc4c4ccccc34)cc21. The van der Waals surface area contributed by atoms with Crippen LogP contribution in [0.15, 0.2) is 191 Å². The van der Waals surface area contributed by atoms with Crippen molar-refractivity contribution in [3.8, 4) is 33.4 Å². The number of nitrogens with zero attached hydrogens (tertiary/aromatic N) is 2. The molecule has 0 saturated carbocycles. The smallest absolute Gasteiger partial charge is 0.226 e. The first-order valence-corrected chi connectivity index (χ1v) is 20.8. The van der Waals surface area contributed by atoms with Gasteiger partial charge in [-0.3, -0.25) is 0 Å². The lowest BCUT2D eigenvalue weighted by Crippen LogP contribution is -2.16. The maximum absolute atomic E-state index is 6.77. The molecule has 2 aliphatic rings. The lowest BCUT2D eigenvalue weighted by atomic mass is 9.82. The summed E-state index contributed by atoms with van der Waals surface area (Å²) in [5.74, 6) is 0.671. The summed E-state index contributed by atoms with van der Waals surface area (Å²) in [6.45, 7) is 4.70. The first-order chi connectivity index (χ1) is 29.5. The van der Waals surface area contributed by atoms with Crippen LogP contribution in [-0.2, 0) is 5.41 Å². The molecule has 0 fully saturated rings. The molecule has 0 bridgehead atoms. The van der Waals surface area contributed by atoms with Crippen molar-refractivity contribution in [2.75, 3.05) is 4.90 Å². The van der Waals surface area contributed by atoms with Crippen molar-refractivity contribution in [3.05, 3.63) is 199 Å². The number of oxazole rings is 1. The minimum absolute atomic E-state index is 0.144. The number of furan rings is 1. The van der Waals surface area contributed by atoms with Crippen LogP contribution in [0.2, 0.25) is 0 Å². The molecule has 10 aromatic rings. The normalized spacial score (nSPS) is 14.2. The lowest BCUT2D eigenvalue weighted by molar-refractivity contribution is 0.585. The number of aromatic nitrogens is 1. The van der Waals surface area contributed by atoms with Gasteiger partial charge in [-0.15, -0.1) is 0 Å². The van der Waals surface area contributed by atoms with E-state index in [9.17, 15) is 0 Å². The Morgan fingerprint density at radius 3 is 2.08 bits per heavy atom. The Bertz CT molecular complexity index is 3400. The van der Waals surface area contributed by atoms with Gasteiger partial charge in [0.1, 0.15) is 16.7 Å². The predicted octanol–water partition coefficient (Wildman–Crippen LogP) is 15.7. The van der Waals surface area contributed by atoms with Crippen molar-refractivity contribution in [1.29, 1.82) is 0 Å². The average molecular weight is 773 g/mol. The van der Waals surface area contributed by atoms with E-state index >= 15 is 0 Å². The van der Waals surface area contributed by atoms with Gasteiger partial charge in [-0.1, -0.05) is 141 Å². The van der Waals surface area contributed by atoms with Crippen LogP contribution in [-0.4, -0.2) is 4.98 Å². The number of fused-ring (bicyclic) bond motifs is 9. The third-order valence-corrected chi connectivity index (χ3v) is 12.7. The molecule has 0 saturated heterocycles. The number of anilines is 3. The average Bonchev–Trinajstić information content (AvgIpc) is 3.97. The molecule has 2 aromatic heterocycles. The molecule has 0 atom stereocenters. The summed E-state index contributed by atoms with van der Waals surface area (Å²) in [6, 6.07) is 59.3. The predicted molar refractivity (Wildman–Crippen MR) is 248 cm³/mol. The largest absolute Gasteiger partial charge is 0.455 e. The Morgan fingerprint density at radius 2 is 1.23 bits per heavy atom. The Kier molecular flexibility index (Phi) is 7.67. The molecule has 8 aromatic carbocycles. The van der Waals surface area contributed by atoms with Crippen LogP contribution in [0.1, 0.15) is 43.7 Å². The molecule has 4 nitrogen and oxygen atoms in total. The molecule has 0 aliphatic heterocycles. The lowest BCUT2D eigenvalue weighted by Gasteiger charge is -2.29. The number of benzene rings is 8. The van der Waals surface area contributed by atoms with Gasteiger partial charge in [0.05, 0.1) is 5.69 Å². The molecule has 60 heavy (non-hydrogen) atoms. The second kappa shape index (κ2) is 13.3. The van der Waals surface area contributed by atoms with Crippen molar-refractivity contribution < 1.29 is 8.83 Å². The van der Waals surface area contributed by atoms with Crippen LogP contribution in [0.4, 0.5) is 17.1 Å². The van der Waals surface area contributed by atoms with Crippen LogP contribution in [0.25, 0.3) is 82.8 Å². The molecule has 12 rings (SSSR count). The van der Waals surface area contributed by atoms with E-state index in [4.69, 9.17) is 13.8 Å². The fourth-order valence-electron chi connectivity index (χ4n) is 9.64. The van der Waals surface area contributed by atoms with Gasteiger partial charge >= 0.3 is 0 Å². The van der Waals surface area contributed by atoms with Crippen LogP contribution < -0.4 is 4.90 Å². The molecular weight excluding hydrogens is 733 g/mol. The first-order valence-electron chi connectivity index (χ1n) is 20.8. The van der Waals surface area contributed by atoms with Crippen LogP contribution in [0, 0.1) is 0 Å². The van der Waals surface area contributed by atoms with Crippen molar-refractivity contribution >= 4 is 66.4 Å². The third kappa shape index (κ3) is 5.41. The fourth-order valence-corrected chi connectivity index (χ4v) is 9.64. The Hall–Kier alpha value is -7.43. The van der Waals surface area contributed by atoms with Crippen LogP contribution in [0.3, 0.4) is 0 Å². The van der Waals surface area contributed by atoms with E-state index in [1.54, 1.807) is 0 Å². The van der Waals surface area contributed by atoms with Crippen molar-refractivity contribution in [1.82, 2.24) is 4.98 Å². The van der Waals surface area contributed by atoms with Gasteiger partial charge in [0.25, 0.3) is 0 Å². The summed E-state index contributed by atoms with van der Waals surface area (Å²) in [6.07, 6.45) is 8.55. The standard InChI is InChI=1S/C56H40N2O2/c1-56(2)48-20-12-11-17-42(48)43-28-27-41(33-49(43)56)58(40-25-21-36(22-26-40)35-13-5-3-6-14-35)51-34-47-46-31-38(24-30-52(46)59-54(47)45-19-10-9-18-44(45)51)39-23-29-50-53(32-39)60-55(57-50)37-15-7-4-8-16-37/h3,5-7,9-34H,4,8H2,1-2H3. The highest BCUT2D eigenvalue weighted by Crippen LogP contribution is 2.52. The molecule has 0 spiro atoms. The second-order valence-corrected chi connectivity index (χ2v) is 16.6. The number of hydrogen-bond donors (Lipinski definition) is 0. The molecule has 286 valence electrons. The Morgan fingerprint density at radius 1 is 0.517 bits per heavy atom. The topological polar surface area (TPSA) is 42.4 Å². The summed E-state index contributed by atoms with van der Waals surface area (Å²) in [5, 5.41) is 4.33. The van der Waals surface area contributed by atoms with E-state index in [2.05, 4.69) is 201 Å². The molecule has 0 unspecified atom stereocenters. The summed E-state index contributed by atoms with van der Waals surface area (Å²) in [7, 11) is 0. The van der Waals surface area contributed by atoms with E-state index in [-0.39, 0.29) is 5.41 Å². The monoisotopic (exact) mass is 772 g/mol. The quantitative estimate of drug-likeness (QED) is 0.169. The molecule has 2 aliphatic carbocycles. The maximum Gasteiger partial charge on any atom is 0.226 e. The summed E-state index contributed by atoms with van der Waals surface area (Å²) >= 11 is 0. The Balaban J connectivity index is 1.05. The third-order valence-electron chi connectivity index (χ3n) is 12.7. The fraction of sp³-hybridized carbons (Fsp3) is 0.0893. The van der Waals surface area contributed by atoms with Gasteiger partial charge in [0.2, 0.25) is 5.89 Å². The highest BCUT2D eigenvalue weighted by Gasteiger charge is 2.36. The van der Waals surface area contributed by atoms with E-state index in [1.165, 1.54) is 33.4 Å². The van der Waals surface area contributed by atoms with E-state index in [1.807, 2.05) is 0 Å². The van der Waals surface area contributed by atoms with Gasteiger partial charge < -0.3 is 13.7 Å². The molecule has 2 heterocycles. The molecule has 0 radical (unpaired) electrons. The summed E-state index contributed by atoms with van der Waals surface area (Å²) < 4.78 is 13.1. The van der Waals surface area contributed by atoms with Crippen molar-refractivity contribution in [3.63, 3.8) is 0 Å². The summed E-state index contributed by atoms with van der Waals surface area (Å²) in [5.41, 5.74) is 17.4. The zero-order valence-corrected chi connectivity index (χ0v) is 33.4. The first kappa shape index (κ1) is 34.6. The Labute approximate surface area is 348 Å². The van der Waals surface area contributed by atoms with Crippen molar-refractivity contribution in [2.24, 2.45) is 0 Å². The van der Waals surface area contributed by atoms with Gasteiger partial charge in [0, 0.05) is 43.9 Å². The molecular formula is C56H40N2O2. The molecule has 0 N–H and O–H groups in total. The number of allylic oxidation sites excluding steroid dienone is 4. The van der Waals surface area contributed by atoms with E-state index < -0.39 is 0 Å². The number of rotatable bonds is 6. The number of hydrogen-bond acceptors (Lipinski definition) is 4. The maximum atomic E-state index is 6.77. The highest BCUT2D eigenvalue weighted by atomic mass is 16.3. The van der Waals surface area contributed by atoms with Gasteiger partial charge in [0.15, 0.2) is 5.58 Å². The van der Waals surface area contributed by atoms with Gasteiger partial charge in [-0.05, 0) is 112 Å². The summed E-state index contributed by atoms with van der Waals surface area (Å²) in [4.78, 5) is 7.25. The highest BCUT2D eigenvalue weighted by molar-refractivity contribution is 6.20. The van der Waals surface area contributed by atoms with Gasteiger partial charge in [-0.25, -0.2) is 4.98 Å². The van der Waals surface area contributed by atoms with Gasteiger partial charge in [-0.2, -0.15) is 0 Å². The van der Waals surface area contributed by atoms with Crippen molar-refractivity contribution in [2.45, 2.75) is 32.1 Å². The minimum Gasteiger partial charge on any atom is -0.455 e. The second-order valence-electron chi connectivity index (χ2n) is 16.6. The van der Waals surface area contributed by atoms with E-state index in [0.29, 0.717) is 5.89 Å². The molecule has 0 amide bonds. The van der Waals surface area contributed by atoms with Crippen LogP contribution in [0.5, 0.6) is 0 Å². The zero-order chi connectivity index (χ0) is 40.0. The van der Waals surface area contributed by atoms with Crippen LogP contribution >= 0.6 is 0 Å².